The Morgan fingerprint density at radius 1 is 1.08 bits per heavy atom. The Morgan fingerprint density at radius 3 is 2.60 bits per heavy atom. The Morgan fingerprint density at radius 2 is 1.80 bits per heavy atom. The molecule has 0 spiro atoms. The highest BCUT2D eigenvalue weighted by atomic mass is 19.1. The Bertz CT molecular complexity index is 770. The second-order valence-electron chi connectivity index (χ2n) is 7.10. The number of likely N-dealkylation sites (tertiary alicyclic amines) is 1. The molecule has 1 heterocycles. The molecule has 2 aromatic carbocycles. The predicted molar refractivity (Wildman–Crippen MR) is 96.8 cm³/mol. The highest BCUT2D eigenvalue weighted by molar-refractivity contribution is 5.95. The van der Waals surface area contributed by atoms with E-state index in [1.165, 1.54) is 18.9 Å². The van der Waals surface area contributed by atoms with Gasteiger partial charge in [0.1, 0.15) is 5.82 Å². The Kier molecular flexibility index (Phi) is 4.53. The third-order valence-corrected chi connectivity index (χ3v) is 5.30. The predicted octanol–water partition coefficient (Wildman–Crippen LogP) is 4.16. The normalized spacial score (nSPS) is 22.8. The zero-order valence-corrected chi connectivity index (χ0v) is 14.2. The number of nitrogens with zero attached hydrogens (tertiary/aromatic N) is 1. The molecule has 2 atom stereocenters. The van der Waals surface area contributed by atoms with E-state index in [1.807, 2.05) is 24.3 Å². The lowest BCUT2D eigenvalue weighted by Crippen LogP contribution is -2.21. The van der Waals surface area contributed by atoms with E-state index in [-0.39, 0.29) is 23.6 Å². The standard InChI is InChI=1S/C21H23FN2O/c22-19-9-3-2-8-16(19)17-13-18(17)21(25)23-20-10-4-1-7-15(20)14-24-11-5-6-12-24/h1-4,7-10,17-18H,5-6,11-14H2,(H,23,25)/t17-,18+/m0/s1. The van der Waals surface area contributed by atoms with Crippen LogP contribution in [0.25, 0.3) is 0 Å². The first kappa shape index (κ1) is 16.3. The van der Waals surface area contributed by atoms with Crippen molar-refractivity contribution in [2.24, 2.45) is 5.92 Å². The van der Waals surface area contributed by atoms with Crippen LogP contribution in [-0.4, -0.2) is 23.9 Å². The van der Waals surface area contributed by atoms with E-state index in [4.69, 9.17) is 0 Å². The smallest absolute Gasteiger partial charge is 0.228 e. The number of amides is 1. The molecule has 1 aliphatic carbocycles. The molecule has 4 rings (SSSR count). The second-order valence-corrected chi connectivity index (χ2v) is 7.10. The first-order chi connectivity index (χ1) is 12.2. The number of hydrogen-bond acceptors (Lipinski definition) is 2. The minimum absolute atomic E-state index is 0.00197. The lowest BCUT2D eigenvalue weighted by atomic mass is 10.1. The maximum absolute atomic E-state index is 13.9. The number of rotatable bonds is 5. The average Bonchev–Trinajstić information content (AvgIpc) is 3.25. The third kappa shape index (κ3) is 3.59. The fraction of sp³-hybridized carbons (Fsp3) is 0.381. The Labute approximate surface area is 147 Å². The minimum Gasteiger partial charge on any atom is -0.326 e. The summed E-state index contributed by atoms with van der Waals surface area (Å²) in [5, 5.41) is 3.08. The van der Waals surface area contributed by atoms with Crippen molar-refractivity contribution in [2.45, 2.75) is 31.7 Å². The fourth-order valence-electron chi connectivity index (χ4n) is 3.79. The minimum atomic E-state index is -0.211. The maximum Gasteiger partial charge on any atom is 0.228 e. The van der Waals surface area contributed by atoms with Gasteiger partial charge in [-0.05, 0) is 61.5 Å². The molecule has 1 aliphatic heterocycles. The lowest BCUT2D eigenvalue weighted by Gasteiger charge is -2.18. The van der Waals surface area contributed by atoms with Gasteiger partial charge in [0.2, 0.25) is 5.91 Å². The summed E-state index contributed by atoms with van der Waals surface area (Å²) in [6.07, 6.45) is 3.23. The highest BCUT2D eigenvalue weighted by Gasteiger charge is 2.45. The van der Waals surface area contributed by atoms with Gasteiger partial charge in [-0.1, -0.05) is 36.4 Å². The topological polar surface area (TPSA) is 32.3 Å². The van der Waals surface area contributed by atoms with Gasteiger partial charge in [0.25, 0.3) is 0 Å². The molecule has 1 saturated heterocycles. The Hall–Kier alpha value is -2.20. The summed E-state index contributed by atoms with van der Waals surface area (Å²) < 4.78 is 13.9. The average molecular weight is 338 g/mol. The number of halogens is 1. The highest BCUT2D eigenvalue weighted by Crippen LogP contribution is 2.48. The number of carbonyl (C=O) groups excluding carboxylic acids is 1. The van der Waals surface area contributed by atoms with Gasteiger partial charge in [0.15, 0.2) is 0 Å². The van der Waals surface area contributed by atoms with Crippen molar-refractivity contribution in [3.63, 3.8) is 0 Å². The van der Waals surface area contributed by atoms with E-state index in [2.05, 4.69) is 16.3 Å². The van der Waals surface area contributed by atoms with Crippen molar-refractivity contribution in [2.75, 3.05) is 18.4 Å². The number of hydrogen-bond donors (Lipinski definition) is 1. The number of anilines is 1. The number of carbonyl (C=O) groups is 1. The van der Waals surface area contributed by atoms with Gasteiger partial charge in [-0.25, -0.2) is 4.39 Å². The van der Waals surface area contributed by atoms with Gasteiger partial charge in [0, 0.05) is 18.2 Å². The fourth-order valence-corrected chi connectivity index (χ4v) is 3.79. The van der Waals surface area contributed by atoms with Crippen molar-refractivity contribution in [3.8, 4) is 0 Å². The van der Waals surface area contributed by atoms with Crippen molar-refractivity contribution in [3.05, 3.63) is 65.5 Å². The first-order valence-corrected chi connectivity index (χ1v) is 9.08. The molecule has 1 N–H and O–H groups in total. The molecular formula is C21H23FN2O. The second kappa shape index (κ2) is 6.96. The van der Waals surface area contributed by atoms with Crippen LogP contribution in [0.2, 0.25) is 0 Å². The molecular weight excluding hydrogens is 315 g/mol. The van der Waals surface area contributed by atoms with Crippen LogP contribution in [0.4, 0.5) is 10.1 Å². The molecule has 130 valence electrons. The molecule has 4 heteroatoms. The van der Waals surface area contributed by atoms with E-state index in [1.54, 1.807) is 12.1 Å². The molecule has 0 aromatic heterocycles. The Balaban J connectivity index is 1.43. The molecule has 1 amide bonds. The van der Waals surface area contributed by atoms with Crippen LogP contribution in [0, 0.1) is 11.7 Å². The summed E-state index contributed by atoms with van der Waals surface area (Å²) in [4.78, 5) is 15.0. The van der Waals surface area contributed by atoms with Crippen LogP contribution in [0.1, 0.15) is 36.3 Å². The SMILES string of the molecule is O=C(Nc1ccccc1CN1CCCC1)[C@@H]1C[C@H]1c1ccccc1F. The van der Waals surface area contributed by atoms with E-state index in [0.29, 0.717) is 5.56 Å². The summed E-state index contributed by atoms with van der Waals surface area (Å²) in [5.74, 6) is -0.331. The van der Waals surface area contributed by atoms with E-state index < -0.39 is 0 Å². The number of nitrogens with one attached hydrogen (secondary N) is 1. The maximum atomic E-state index is 13.9. The molecule has 25 heavy (non-hydrogen) atoms. The first-order valence-electron chi connectivity index (χ1n) is 9.08. The van der Waals surface area contributed by atoms with Crippen LogP contribution in [0.3, 0.4) is 0 Å². The van der Waals surface area contributed by atoms with Crippen molar-refractivity contribution < 1.29 is 9.18 Å². The van der Waals surface area contributed by atoms with Gasteiger partial charge in [-0.15, -0.1) is 0 Å². The summed E-state index contributed by atoms with van der Waals surface area (Å²) >= 11 is 0. The molecule has 0 unspecified atom stereocenters. The summed E-state index contributed by atoms with van der Waals surface area (Å²) in [6, 6.07) is 14.8. The largest absolute Gasteiger partial charge is 0.326 e. The van der Waals surface area contributed by atoms with Gasteiger partial charge in [0.05, 0.1) is 0 Å². The molecule has 1 saturated carbocycles. The van der Waals surface area contributed by atoms with Crippen LogP contribution < -0.4 is 5.32 Å². The van der Waals surface area contributed by atoms with Crippen LogP contribution in [0.5, 0.6) is 0 Å². The summed E-state index contributed by atoms with van der Waals surface area (Å²) in [5.41, 5.74) is 2.70. The van der Waals surface area contributed by atoms with Crippen LogP contribution in [0.15, 0.2) is 48.5 Å². The van der Waals surface area contributed by atoms with Crippen LogP contribution >= 0.6 is 0 Å². The van der Waals surface area contributed by atoms with E-state index in [9.17, 15) is 9.18 Å². The number of para-hydroxylation sites is 1. The number of benzene rings is 2. The monoisotopic (exact) mass is 338 g/mol. The lowest BCUT2D eigenvalue weighted by molar-refractivity contribution is -0.117. The zero-order chi connectivity index (χ0) is 17.2. The van der Waals surface area contributed by atoms with Gasteiger partial charge in [-0.3, -0.25) is 9.69 Å². The molecule has 3 nitrogen and oxygen atoms in total. The van der Waals surface area contributed by atoms with E-state index in [0.717, 1.165) is 37.3 Å². The summed E-state index contributed by atoms with van der Waals surface area (Å²) in [7, 11) is 0. The van der Waals surface area contributed by atoms with Gasteiger partial charge < -0.3 is 5.32 Å². The van der Waals surface area contributed by atoms with Gasteiger partial charge >= 0.3 is 0 Å². The molecule has 2 aliphatic rings. The van der Waals surface area contributed by atoms with Gasteiger partial charge in [-0.2, -0.15) is 0 Å². The third-order valence-electron chi connectivity index (χ3n) is 5.30. The summed E-state index contributed by atoms with van der Waals surface area (Å²) in [6.45, 7) is 3.12. The van der Waals surface area contributed by atoms with Crippen molar-refractivity contribution in [1.82, 2.24) is 4.90 Å². The van der Waals surface area contributed by atoms with Crippen molar-refractivity contribution >= 4 is 11.6 Å². The quantitative estimate of drug-likeness (QED) is 0.888. The van der Waals surface area contributed by atoms with Crippen LogP contribution in [-0.2, 0) is 11.3 Å². The molecule has 0 radical (unpaired) electrons. The van der Waals surface area contributed by atoms with Crippen molar-refractivity contribution in [1.29, 1.82) is 0 Å². The molecule has 2 aromatic rings. The molecule has 0 bridgehead atoms. The molecule has 2 fully saturated rings. The zero-order valence-electron chi connectivity index (χ0n) is 14.2. The van der Waals surface area contributed by atoms with E-state index >= 15 is 0 Å².